The van der Waals surface area contributed by atoms with Crippen LogP contribution in [0.3, 0.4) is 0 Å². The highest BCUT2D eigenvalue weighted by Gasteiger charge is 2.26. The standard InChI is InChI=1S/C7H13/c1-3-7(2)5-4-6-7/h1,3-6H2,2H3/q-1. The Morgan fingerprint density at radius 3 is 2.14 bits per heavy atom. The van der Waals surface area contributed by atoms with Crippen LogP contribution in [0, 0.1) is 12.3 Å². The van der Waals surface area contributed by atoms with E-state index < -0.39 is 0 Å². The Balaban J connectivity index is 2.29. The largest absolute Gasteiger partial charge is 0.343 e. The number of hydrogen-bond acceptors (Lipinski definition) is 0. The molecule has 0 nitrogen and oxygen atoms in total. The van der Waals surface area contributed by atoms with Crippen LogP contribution in [0.2, 0.25) is 0 Å². The maximum absolute atomic E-state index is 3.88. The maximum atomic E-state index is 3.88. The van der Waals surface area contributed by atoms with E-state index in [2.05, 4.69) is 13.8 Å². The molecule has 0 aromatic carbocycles. The first-order valence-electron chi connectivity index (χ1n) is 3.06. The summed E-state index contributed by atoms with van der Waals surface area (Å²) in [7, 11) is 0. The summed E-state index contributed by atoms with van der Waals surface area (Å²) < 4.78 is 0. The molecule has 0 spiro atoms. The molecule has 1 aliphatic carbocycles. The molecule has 1 saturated carbocycles. The third kappa shape index (κ3) is 0.793. The SMILES string of the molecule is [CH2-]CC1(C)CCC1. The molecule has 0 aromatic heterocycles. The van der Waals surface area contributed by atoms with Crippen LogP contribution in [-0.2, 0) is 0 Å². The van der Waals surface area contributed by atoms with Crippen molar-refractivity contribution in [3.8, 4) is 0 Å². The summed E-state index contributed by atoms with van der Waals surface area (Å²) in [5, 5.41) is 0. The average molecular weight is 97.2 g/mol. The molecule has 1 rings (SSSR count). The molecular formula is C7H13-. The molecule has 0 radical (unpaired) electrons. The summed E-state index contributed by atoms with van der Waals surface area (Å²) in [5.74, 6) is 0. The second-order valence-corrected chi connectivity index (χ2v) is 2.91. The predicted molar refractivity (Wildman–Crippen MR) is 31.9 cm³/mol. The van der Waals surface area contributed by atoms with Crippen molar-refractivity contribution in [3.05, 3.63) is 6.92 Å². The summed E-state index contributed by atoms with van der Waals surface area (Å²) in [6.45, 7) is 6.20. The fourth-order valence-electron chi connectivity index (χ4n) is 1.03. The van der Waals surface area contributed by atoms with Crippen molar-refractivity contribution in [3.63, 3.8) is 0 Å². The maximum Gasteiger partial charge on any atom is -0.0503 e. The Bertz CT molecular complexity index is 54.9. The van der Waals surface area contributed by atoms with Crippen LogP contribution >= 0.6 is 0 Å². The van der Waals surface area contributed by atoms with Crippen LogP contribution in [0.25, 0.3) is 0 Å². The van der Waals surface area contributed by atoms with Crippen molar-refractivity contribution in [1.82, 2.24) is 0 Å². The van der Waals surface area contributed by atoms with Gasteiger partial charge in [-0.2, -0.15) is 6.42 Å². The Hall–Kier alpha value is 0. The highest BCUT2D eigenvalue weighted by molar-refractivity contribution is 4.83. The van der Waals surface area contributed by atoms with Crippen LogP contribution in [0.1, 0.15) is 32.6 Å². The van der Waals surface area contributed by atoms with Gasteiger partial charge in [0.15, 0.2) is 0 Å². The molecule has 0 aliphatic heterocycles. The van der Waals surface area contributed by atoms with Crippen molar-refractivity contribution < 1.29 is 0 Å². The van der Waals surface area contributed by atoms with Crippen molar-refractivity contribution in [2.45, 2.75) is 32.6 Å². The van der Waals surface area contributed by atoms with E-state index in [1.807, 2.05) is 0 Å². The average Bonchev–Trinajstić information content (AvgIpc) is 1.61. The molecule has 0 unspecified atom stereocenters. The van der Waals surface area contributed by atoms with E-state index >= 15 is 0 Å². The molecule has 1 aliphatic rings. The molecule has 0 amide bonds. The lowest BCUT2D eigenvalue weighted by molar-refractivity contribution is 0.164. The van der Waals surface area contributed by atoms with Crippen molar-refractivity contribution in [1.29, 1.82) is 0 Å². The van der Waals surface area contributed by atoms with Gasteiger partial charge in [-0.3, -0.25) is 0 Å². The van der Waals surface area contributed by atoms with Crippen LogP contribution < -0.4 is 0 Å². The summed E-state index contributed by atoms with van der Waals surface area (Å²) in [5.41, 5.74) is 0.653. The fourth-order valence-corrected chi connectivity index (χ4v) is 1.03. The molecule has 0 aromatic rings. The van der Waals surface area contributed by atoms with Gasteiger partial charge >= 0.3 is 0 Å². The highest BCUT2D eigenvalue weighted by atomic mass is 14.3. The second-order valence-electron chi connectivity index (χ2n) is 2.91. The van der Waals surface area contributed by atoms with E-state index in [1.54, 1.807) is 0 Å². The smallest absolute Gasteiger partial charge is 0.0503 e. The van der Waals surface area contributed by atoms with E-state index in [1.165, 1.54) is 19.3 Å². The molecule has 0 heteroatoms. The lowest BCUT2D eigenvalue weighted by Crippen LogP contribution is -2.23. The number of rotatable bonds is 1. The molecular weight excluding hydrogens is 84.1 g/mol. The number of hydrogen-bond donors (Lipinski definition) is 0. The van der Waals surface area contributed by atoms with Gasteiger partial charge in [-0.15, -0.1) is 0 Å². The van der Waals surface area contributed by atoms with Crippen molar-refractivity contribution in [2.24, 2.45) is 5.41 Å². The first-order valence-corrected chi connectivity index (χ1v) is 3.06. The van der Waals surface area contributed by atoms with E-state index in [0.29, 0.717) is 5.41 Å². The first-order chi connectivity index (χ1) is 3.27. The van der Waals surface area contributed by atoms with E-state index in [4.69, 9.17) is 0 Å². The van der Waals surface area contributed by atoms with Gasteiger partial charge in [-0.05, 0) is 0 Å². The summed E-state index contributed by atoms with van der Waals surface area (Å²) >= 11 is 0. The van der Waals surface area contributed by atoms with Gasteiger partial charge in [-0.1, -0.05) is 31.6 Å². The predicted octanol–water partition coefficient (Wildman–Crippen LogP) is 2.40. The van der Waals surface area contributed by atoms with Gasteiger partial charge in [0.05, 0.1) is 0 Å². The highest BCUT2D eigenvalue weighted by Crippen LogP contribution is 2.42. The zero-order valence-corrected chi connectivity index (χ0v) is 5.04. The first kappa shape index (κ1) is 5.14. The van der Waals surface area contributed by atoms with E-state index in [-0.39, 0.29) is 0 Å². The zero-order valence-electron chi connectivity index (χ0n) is 5.04. The monoisotopic (exact) mass is 97.1 g/mol. The Kier molecular flexibility index (Phi) is 1.10. The van der Waals surface area contributed by atoms with Crippen LogP contribution in [0.5, 0.6) is 0 Å². The normalized spacial score (nSPS) is 26.6. The Morgan fingerprint density at radius 2 is 2.14 bits per heavy atom. The van der Waals surface area contributed by atoms with Crippen LogP contribution in [0.4, 0.5) is 0 Å². The van der Waals surface area contributed by atoms with E-state index in [0.717, 1.165) is 6.42 Å². The van der Waals surface area contributed by atoms with Gasteiger partial charge in [0.25, 0.3) is 0 Å². The second kappa shape index (κ2) is 1.50. The Labute approximate surface area is 45.9 Å². The lowest BCUT2D eigenvalue weighted by Gasteiger charge is -2.40. The van der Waals surface area contributed by atoms with Crippen LogP contribution in [-0.4, -0.2) is 0 Å². The molecule has 42 valence electrons. The Morgan fingerprint density at radius 1 is 1.57 bits per heavy atom. The van der Waals surface area contributed by atoms with Crippen molar-refractivity contribution >= 4 is 0 Å². The lowest BCUT2D eigenvalue weighted by atomic mass is 9.69. The molecule has 0 heterocycles. The topological polar surface area (TPSA) is 0 Å². The third-order valence-electron chi connectivity index (χ3n) is 2.16. The minimum absolute atomic E-state index is 0.653. The summed E-state index contributed by atoms with van der Waals surface area (Å²) in [6.07, 6.45) is 5.39. The minimum atomic E-state index is 0.653. The van der Waals surface area contributed by atoms with Gasteiger partial charge in [-0.25, -0.2) is 0 Å². The third-order valence-corrected chi connectivity index (χ3v) is 2.16. The summed E-state index contributed by atoms with van der Waals surface area (Å²) in [4.78, 5) is 0. The fraction of sp³-hybridized carbons (Fsp3) is 0.857. The summed E-state index contributed by atoms with van der Waals surface area (Å²) in [6, 6.07) is 0. The molecule has 0 saturated heterocycles. The van der Waals surface area contributed by atoms with Gasteiger partial charge < -0.3 is 6.92 Å². The van der Waals surface area contributed by atoms with E-state index in [9.17, 15) is 0 Å². The molecule has 1 fully saturated rings. The van der Waals surface area contributed by atoms with Crippen molar-refractivity contribution in [2.75, 3.05) is 0 Å². The van der Waals surface area contributed by atoms with Gasteiger partial charge in [0.2, 0.25) is 0 Å². The van der Waals surface area contributed by atoms with Gasteiger partial charge in [0.1, 0.15) is 0 Å². The molecule has 0 N–H and O–H groups in total. The zero-order chi connectivity index (χ0) is 5.33. The quantitative estimate of drug-likeness (QED) is 0.441. The minimum Gasteiger partial charge on any atom is -0.343 e. The van der Waals surface area contributed by atoms with Gasteiger partial charge in [0, 0.05) is 0 Å². The molecule has 0 bridgehead atoms. The van der Waals surface area contributed by atoms with Crippen LogP contribution in [0.15, 0.2) is 0 Å². The molecule has 0 atom stereocenters. The molecule has 7 heavy (non-hydrogen) atoms.